The van der Waals surface area contributed by atoms with Gasteiger partial charge in [0.2, 0.25) is 0 Å². The summed E-state index contributed by atoms with van der Waals surface area (Å²) in [5.74, 6) is -1.27. The second kappa shape index (κ2) is 70.1. The zero-order valence-electron chi connectivity index (χ0n) is 62.5. The summed E-state index contributed by atoms with van der Waals surface area (Å²) in [6, 6.07) is 0. The number of hydrogen-bond acceptors (Lipinski definition) is 15. The van der Waals surface area contributed by atoms with Gasteiger partial charge in [0.25, 0.3) is 0 Å². The lowest BCUT2D eigenvalue weighted by Crippen LogP contribution is -2.30. The van der Waals surface area contributed by atoms with Gasteiger partial charge in [0.05, 0.1) is 26.4 Å². The molecule has 0 heterocycles. The Morgan fingerprint density at radius 1 is 0.292 bits per heavy atom. The van der Waals surface area contributed by atoms with Crippen molar-refractivity contribution >= 4 is 39.5 Å². The van der Waals surface area contributed by atoms with E-state index in [-0.39, 0.29) is 25.7 Å². The van der Waals surface area contributed by atoms with E-state index in [2.05, 4.69) is 34.6 Å². The van der Waals surface area contributed by atoms with E-state index in [1.807, 2.05) is 0 Å². The molecule has 0 saturated heterocycles. The summed E-state index contributed by atoms with van der Waals surface area (Å²) in [6.07, 6.45) is 59.7. The molecule has 0 spiro atoms. The van der Waals surface area contributed by atoms with Crippen LogP contribution in [0.3, 0.4) is 0 Å². The molecule has 6 atom stereocenters. The van der Waals surface area contributed by atoms with Gasteiger partial charge in [0.1, 0.15) is 19.3 Å². The number of hydrogen-bond donors (Lipinski definition) is 3. The molecular weight excluding hydrogens is 1260 g/mol. The number of carbonyl (C=O) groups excluding carboxylic acids is 4. The Balaban J connectivity index is 5.17. The van der Waals surface area contributed by atoms with E-state index in [0.717, 1.165) is 102 Å². The Kier molecular flexibility index (Phi) is 68.7. The monoisotopic (exact) mass is 1410 g/mol. The quantitative estimate of drug-likeness (QED) is 0.0222. The van der Waals surface area contributed by atoms with Gasteiger partial charge in [0.15, 0.2) is 12.2 Å². The first-order chi connectivity index (χ1) is 46.6. The molecule has 0 amide bonds. The average molecular weight is 1410 g/mol. The molecule has 96 heavy (non-hydrogen) atoms. The van der Waals surface area contributed by atoms with Crippen LogP contribution in [-0.2, 0) is 65.4 Å². The van der Waals surface area contributed by atoms with Gasteiger partial charge in [0, 0.05) is 25.7 Å². The number of unbranched alkanes of at least 4 members (excludes halogenated alkanes) is 48. The topological polar surface area (TPSA) is 237 Å². The average Bonchev–Trinajstić information content (AvgIpc) is 1.90. The third kappa shape index (κ3) is 69.2. The molecule has 3 N–H and O–H groups in total. The van der Waals surface area contributed by atoms with E-state index < -0.39 is 97.5 Å². The van der Waals surface area contributed by atoms with Gasteiger partial charge >= 0.3 is 39.5 Å². The molecular formula is C77H150O17P2. The Morgan fingerprint density at radius 2 is 0.500 bits per heavy atom. The van der Waals surface area contributed by atoms with Crippen LogP contribution in [0, 0.1) is 5.92 Å². The maximum atomic E-state index is 13.1. The van der Waals surface area contributed by atoms with E-state index in [1.54, 1.807) is 0 Å². The van der Waals surface area contributed by atoms with Crippen LogP contribution >= 0.6 is 15.6 Å². The van der Waals surface area contributed by atoms with Crippen molar-refractivity contribution in [1.82, 2.24) is 0 Å². The molecule has 0 aromatic rings. The summed E-state index contributed by atoms with van der Waals surface area (Å²) in [7, 11) is -9.90. The molecule has 0 aliphatic heterocycles. The van der Waals surface area contributed by atoms with Gasteiger partial charge in [-0.1, -0.05) is 356 Å². The van der Waals surface area contributed by atoms with Crippen LogP contribution in [0.2, 0.25) is 0 Å². The smallest absolute Gasteiger partial charge is 0.462 e. The SMILES string of the molecule is CCCCCCCCCCCCCCCCCCCCCCC(=O)O[C@H](COC(=O)CCCCCCCCCCCCCCCCC(C)CC)COP(=O)(O)OC[C@@H](O)COP(=O)(O)OC[C@@H](COC(=O)CCCCCCCCCC)OC(=O)CCCCCCCCCCCC. The van der Waals surface area contributed by atoms with Crippen molar-refractivity contribution in [3.63, 3.8) is 0 Å². The predicted molar refractivity (Wildman–Crippen MR) is 391 cm³/mol. The number of phosphoric acid groups is 2. The number of esters is 4. The molecule has 3 unspecified atom stereocenters. The largest absolute Gasteiger partial charge is 0.472 e. The van der Waals surface area contributed by atoms with Gasteiger partial charge < -0.3 is 33.8 Å². The molecule has 0 bridgehead atoms. The van der Waals surface area contributed by atoms with Crippen molar-refractivity contribution in [3.8, 4) is 0 Å². The summed E-state index contributed by atoms with van der Waals surface area (Å²) in [4.78, 5) is 72.7. The molecule has 0 fully saturated rings. The maximum Gasteiger partial charge on any atom is 0.472 e. The van der Waals surface area contributed by atoms with Gasteiger partial charge in [-0.05, 0) is 31.6 Å². The number of aliphatic hydroxyl groups is 1. The fourth-order valence-corrected chi connectivity index (χ4v) is 13.4. The molecule has 19 heteroatoms. The highest BCUT2D eigenvalue weighted by Crippen LogP contribution is 2.45. The number of carbonyl (C=O) groups is 4. The van der Waals surface area contributed by atoms with Crippen LogP contribution in [0.4, 0.5) is 0 Å². The number of phosphoric ester groups is 2. The molecule has 0 aromatic carbocycles. The number of aliphatic hydroxyl groups excluding tert-OH is 1. The van der Waals surface area contributed by atoms with Crippen molar-refractivity contribution in [1.29, 1.82) is 0 Å². The van der Waals surface area contributed by atoms with E-state index in [9.17, 15) is 43.2 Å². The Morgan fingerprint density at radius 3 is 0.740 bits per heavy atom. The van der Waals surface area contributed by atoms with Crippen LogP contribution in [-0.4, -0.2) is 96.7 Å². The summed E-state index contributed by atoms with van der Waals surface area (Å²) >= 11 is 0. The van der Waals surface area contributed by atoms with Crippen LogP contribution in [0.1, 0.15) is 407 Å². The molecule has 0 rings (SSSR count). The molecule has 0 saturated carbocycles. The normalized spacial score (nSPS) is 14.2. The van der Waals surface area contributed by atoms with E-state index in [0.29, 0.717) is 25.7 Å². The van der Waals surface area contributed by atoms with Crippen LogP contribution < -0.4 is 0 Å². The fraction of sp³-hybridized carbons (Fsp3) is 0.948. The minimum Gasteiger partial charge on any atom is -0.462 e. The second-order valence-electron chi connectivity index (χ2n) is 28.0. The highest BCUT2D eigenvalue weighted by atomic mass is 31.2. The van der Waals surface area contributed by atoms with Crippen molar-refractivity contribution in [2.24, 2.45) is 5.92 Å². The predicted octanol–water partition coefficient (Wildman–Crippen LogP) is 22.9. The standard InChI is InChI=1S/C77H150O17P2/c1-6-10-13-16-19-22-24-25-26-27-28-29-30-31-36-39-43-48-53-58-63-77(82)94-73(67-88-75(80)61-56-51-46-42-38-35-33-32-34-37-40-44-49-54-59-70(5)9-4)69-92-96(85,86)90-65-71(78)64-89-95(83,84)91-68-72(66-87-74(79)60-55-50-45-21-18-15-12-8-3)93-76(81)62-57-52-47-41-23-20-17-14-11-7-2/h70-73,78H,6-69H2,1-5H3,(H,83,84)(H,85,86)/t70?,71-,72+,73+/m0/s1. The first-order valence-electron chi connectivity index (χ1n) is 40.2. The van der Waals surface area contributed by atoms with Crippen molar-refractivity contribution in [2.75, 3.05) is 39.6 Å². The number of rotatable bonds is 77. The first-order valence-corrected chi connectivity index (χ1v) is 43.2. The molecule has 17 nitrogen and oxygen atoms in total. The van der Waals surface area contributed by atoms with Gasteiger partial charge in [-0.2, -0.15) is 0 Å². The third-order valence-corrected chi connectivity index (χ3v) is 20.3. The van der Waals surface area contributed by atoms with Crippen LogP contribution in [0.5, 0.6) is 0 Å². The lowest BCUT2D eigenvalue weighted by Gasteiger charge is -2.21. The van der Waals surface area contributed by atoms with Gasteiger partial charge in [-0.3, -0.25) is 37.3 Å². The van der Waals surface area contributed by atoms with E-state index in [1.165, 1.54) is 225 Å². The molecule has 0 aromatic heterocycles. The fourth-order valence-electron chi connectivity index (χ4n) is 11.8. The summed E-state index contributed by atoms with van der Waals surface area (Å²) in [5.41, 5.74) is 0. The summed E-state index contributed by atoms with van der Waals surface area (Å²) in [5, 5.41) is 10.6. The lowest BCUT2D eigenvalue weighted by atomic mass is 9.99. The zero-order chi connectivity index (χ0) is 70.5. The van der Waals surface area contributed by atoms with E-state index in [4.69, 9.17) is 37.0 Å². The Hall–Kier alpha value is -1.94. The lowest BCUT2D eigenvalue weighted by molar-refractivity contribution is -0.161. The highest BCUT2D eigenvalue weighted by Gasteiger charge is 2.30. The minimum absolute atomic E-state index is 0.107. The molecule has 0 aliphatic rings. The number of ether oxygens (including phenoxy) is 4. The first kappa shape index (κ1) is 94.1. The van der Waals surface area contributed by atoms with Crippen LogP contribution in [0.25, 0.3) is 0 Å². The van der Waals surface area contributed by atoms with Crippen LogP contribution in [0.15, 0.2) is 0 Å². The summed E-state index contributed by atoms with van der Waals surface area (Å²) in [6.45, 7) is 7.32. The minimum atomic E-state index is -4.96. The molecule has 0 radical (unpaired) electrons. The molecule has 0 aliphatic carbocycles. The van der Waals surface area contributed by atoms with Gasteiger partial charge in [-0.15, -0.1) is 0 Å². The van der Waals surface area contributed by atoms with Crippen molar-refractivity contribution < 1.29 is 80.2 Å². The summed E-state index contributed by atoms with van der Waals surface area (Å²) < 4.78 is 68.4. The highest BCUT2D eigenvalue weighted by molar-refractivity contribution is 7.47. The zero-order valence-corrected chi connectivity index (χ0v) is 64.3. The Labute approximate surface area is 588 Å². The van der Waals surface area contributed by atoms with E-state index >= 15 is 0 Å². The van der Waals surface area contributed by atoms with Crippen molar-refractivity contribution in [3.05, 3.63) is 0 Å². The third-order valence-electron chi connectivity index (χ3n) is 18.4. The molecule has 570 valence electrons. The second-order valence-corrected chi connectivity index (χ2v) is 30.9. The maximum absolute atomic E-state index is 13.1. The van der Waals surface area contributed by atoms with Crippen molar-refractivity contribution in [2.45, 2.75) is 425 Å². The van der Waals surface area contributed by atoms with Gasteiger partial charge in [-0.25, -0.2) is 9.13 Å². The Bertz CT molecular complexity index is 1840.